The van der Waals surface area contributed by atoms with Gasteiger partial charge in [-0.05, 0) is 41.0 Å². The number of hydrogen-bond acceptors (Lipinski definition) is 5. The van der Waals surface area contributed by atoms with Crippen LogP contribution in [0.2, 0.25) is 0 Å². The largest absolute Gasteiger partial charge is 0.435 e. The summed E-state index contributed by atoms with van der Waals surface area (Å²) < 4.78 is 6.33. The van der Waals surface area contributed by atoms with Crippen molar-refractivity contribution in [3.8, 4) is 67.9 Å². The maximum Gasteiger partial charge on any atom is 0.227 e. The zero-order chi connectivity index (χ0) is 30.0. The highest BCUT2D eigenvalue weighted by Gasteiger charge is 2.16. The van der Waals surface area contributed by atoms with Crippen LogP contribution in [0.25, 0.3) is 79.0 Å². The number of para-hydroxylation sites is 1. The molecule has 0 fully saturated rings. The molecule has 8 aromatic rings. The summed E-state index contributed by atoms with van der Waals surface area (Å²) >= 11 is 0. The molecule has 0 unspecified atom stereocenters. The van der Waals surface area contributed by atoms with Gasteiger partial charge in [0.25, 0.3) is 0 Å². The Labute approximate surface area is 260 Å². The van der Waals surface area contributed by atoms with Crippen molar-refractivity contribution >= 4 is 11.1 Å². The van der Waals surface area contributed by atoms with E-state index < -0.39 is 0 Å². The molecule has 0 N–H and O–H groups in total. The normalized spacial score (nSPS) is 11.1. The van der Waals surface area contributed by atoms with Crippen LogP contribution in [-0.4, -0.2) is 19.9 Å². The quantitative estimate of drug-likeness (QED) is 0.196. The first-order valence-electron chi connectivity index (χ1n) is 14.8. The molecule has 0 amide bonds. The molecule has 0 aliphatic carbocycles. The van der Waals surface area contributed by atoms with Crippen LogP contribution >= 0.6 is 0 Å². The number of oxazole rings is 1. The van der Waals surface area contributed by atoms with Crippen LogP contribution in [0.1, 0.15) is 0 Å². The van der Waals surface area contributed by atoms with Crippen molar-refractivity contribution in [2.45, 2.75) is 0 Å². The topological polar surface area (TPSA) is 64.7 Å². The fraction of sp³-hybridized carbons (Fsp3) is 0. The van der Waals surface area contributed by atoms with Crippen molar-refractivity contribution < 1.29 is 4.42 Å². The van der Waals surface area contributed by atoms with E-state index in [0.717, 1.165) is 50.0 Å². The predicted octanol–water partition coefficient (Wildman–Crippen LogP) is 10.0. The average molecular weight is 579 g/mol. The van der Waals surface area contributed by atoms with E-state index in [-0.39, 0.29) is 0 Å². The van der Waals surface area contributed by atoms with Gasteiger partial charge in [-0.2, -0.15) is 0 Å². The van der Waals surface area contributed by atoms with Crippen molar-refractivity contribution in [1.29, 1.82) is 0 Å². The molecular weight excluding hydrogens is 552 g/mol. The highest BCUT2D eigenvalue weighted by Crippen LogP contribution is 2.34. The summed E-state index contributed by atoms with van der Waals surface area (Å²) in [6.45, 7) is 0. The molecule has 6 aromatic carbocycles. The van der Waals surface area contributed by atoms with E-state index >= 15 is 0 Å². The lowest BCUT2D eigenvalue weighted by molar-refractivity contribution is 0.621. The number of hydrogen-bond donors (Lipinski definition) is 0. The summed E-state index contributed by atoms with van der Waals surface area (Å²) in [6.07, 6.45) is 0. The fourth-order valence-corrected chi connectivity index (χ4v) is 5.50. The van der Waals surface area contributed by atoms with Crippen molar-refractivity contribution in [3.05, 3.63) is 158 Å². The van der Waals surface area contributed by atoms with E-state index in [1.807, 2.05) is 103 Å². The van der Waals surface area contributed by atoms with E-state index in [1.165, 1.54) is 5.56 Å². The second kappa shape index (κ2) is 11.5. The van der Waals surface area contributed by atoms with Crippen LogP contribution in [0.15, 0.2) is 162 Å². The van der Waals surface area contributed by atoms with Crippen LogP contribution in [0.5, 0.6) is 0 Å². The highest BCUT2D eigenvalue weighted by atomic mass is 16.3. The molecule has 8 rings (SSSR count). The van der Waals surface area contributed by atoms with Crippen molar-refractivity contribution in [1.82, 2.24) is 19.9 Å². The van der Waals surface area contributed by atoms with Crippen LogP contribution in [-0.2, 0) is 0 Å². The van der Waals surface area contributed by atoms with E-state index in [1.54, 1.807) is 0 Å². The summed E-state index contributed by atoms with van der Waals surface area (Å²) in [7, 11) is 0. The van der Waals surface area contributed by atoms with Crippen molar-refractivity contribution in [2.75, 3.05) is 0 Å². The second-order valence-electron chi connectivity index (χ2n) is 10.7. The summed E-state index contributed by atoms with van der Waals surface area (Å²) in [5, 5.41) is 0. The van der Waals surface area contributed by atoms with Gasteiger partial charge in [0, 0.05) is 27.8 Å². The Balaban J connectivity index is 1.22. The SMILES string of the molecule is c1ccc(-c2ccc(-c3nc(-c4ccccc4)nc(-c4cccc(-c5cccc6nc(-c7ccccc7)oc56)c4)n3)cc2)cc1. The zero-order valence-electron chi connectivity index (χ0n) is 24.2. The average Bonchev–Trinajstić information content (AvgIpc) is 3.58. The third kappa shape index (κ3) is 5.28. The first-order valence-corrected chi connectivity index (χ1v) is 14.8. The van der Waals surface area contributed by atoms with Gasteiger partial charge in [-0.15, -0.1) is 0 Å². The fourth-order valence-electron chi connectivity index (χ4n) is 5.50. The summed E-state index contributed by atoms with van der Waals surface area (Å²) in [4.78, 5) is 19.6. The minimum Gasteiger partial charge on any atom is -0.435 e. The molecule has 5 nitrogen and oxygen atoms in total. The lowest BCUT2D eigenvalue weighted by atomic mass is 10.0. The van der Waals surface area contributed by atoms with E-state index in [4.69, 9.17) is 24.4 Å². The molecule has 0 aliphatic rings. The molecule has 0 atom stereocenters. The minimum atomic E-state index is 0.599. The molecule has 0 aliphatic heterocycles. The smallest absolute Gasteiger partial charge is 0.227 e. The lowest BCUT2D eigenvalue weighted by Crippen LogP contribution is -2.00. The predicted molar refractivity (Wildman–Crippen MR) is 180 cm³/mol. The van der Waals surface area contributed by atoms with Gasteiger partial charge in [0.1, 0.15) is 5.52 Å². The van der Waals surface area contributed by atoms with Crippen LogP contribution in [0.4, 0.5) is 0 Å². The van der Waals surface area contributed by atoms with E-state index in [0.29, 0.717) is 23.4 Å². The first-order chi connectivity index (χ1) is 22.3. The molecule has 5 heteroatoms. The molecule has 0 saturated heterocycles. The number of fused-ring (bicyclic) bond motifs is 1. The number of benzene rings is 6. The Kier molecular flexibility index (Phi) is 6.74. The van der Waals surface area contributed by atoms with Crippen LogP contribution in [0, 0.1) is 0 Å². The first kappa shape index (κ1) is 26.4. The van der Waals surface area contributed by atoms with Gasteiger partial charge >= 0.3 is 0 Å². The molecule has 2 aromatic heterocycles. The van der Waals surface area contributed by atoms with Crippen LogP contribution < -0.4 is 0 Å². The number of nitrogens with zero attached hydrogens (tertiary/aromatic N) is 4. The van der Waals surface area contributed by atoms with Gasteiger partial charge in [-0.1, -0.05) is 133 Å². The van der Waals surface area contributed by atoms with Gasteiger partial charge < -0.3 is 4.42 Å². The summed E-state index contributed by atoms with van der Waals surface area (Å²) in [5.41, 5.74) is 9.48. The molecule has 2 heterocycles. The number of rotatable bonds is 6. The van der Waals surface area contributed by atoms with Gasteiger partial charge in [0.2, 0.25) is 5.89 Å². The Morgan fingerprint density at radius 1 is 0.333 bits per heavy atom. The minimum absolute atomic E-state index is 0.599. The summed E-state index contributed by atoms with van der Waals surface area (Å²) in [6, 6.07) is 53.0. The van der Waals surface area contributed by atoms with Gasteiger partial charge in [-0.3, -0.25) is 0 Å². The number of aromatic nitrogens is 4. The van der Waals surface area contributed by atoms with Gasteiger partial charge in [0.15, 0.2) is 23.1 Å². The molecule has 45 heavy (non-hydrogen) atoms. The van der Waals surface area contributed by atoms with Crippen molar-refractivity contribution in [3.63, 3.8) is 0 Å². The molecule has 0 saturated carbocycles. The highest BCUT2D eigenvalue weighted by molar-refractivity contribution is 5.92. The lowest BCUT2D eigenvalue weighted by Gasteiger charge is -2.10. The Morgan fingerprint density at radius 3 is 1.47 bits per heavy atom. The maximum absolute atomic E-state index is 6.33. The third-order valence-electron chi connectivity index (χ3n) is 7.79. The van der Waals surface area contributed by atoms with Crippen molar-refractivity contribution in [2.24, 2.45) is 0 Å². The Hall–Kier alpha value is -6.20. The Morgan fingerprint density at radius 2 is 0.800 bits per heavy atom. The molecule has 212 valence electrons. The maximum atomic E-state index is 6.33. The van der Waals surface area contributed by atoms with E-state index in [2.05, 4.69) is 54.6 Å². The van der Waals surface area contributed by atoms with Gasteiger partial charge in [-0.25, -0.2) is 19.9 Å². The molecule has 0 bridgehead atoms. The molecule has 0 radical (unpaired) electrons. The summed E-state index contributed by atoms with van der Waals surface area (Å²) in [5.74, 6) is 2.44. The molecule has 0 spiro atoms. The van der Waals surface area contributed by atoms with Gasteiger partial charge in [0.05, 0.1) is 0 Å². The Bertz CT molecular complexity index is 2250. The molecular formula is C40H26N4O. The van der Waals surface area contributed by atoms with E-state index in [9.17, 15) is 0 Å². The van der Waals surface area contributed by atoms with Crippen LogP contribution in [0.3, 0.4) is 0 Å². The standard InChI is InChI=1S/C40H26N4O/c1-4-12-27(13-5-1)28-22-24-30(25-23-28)38-42-37(29-14-6-2-7-15-29)43-39(44-38)33-19-10-18-32(26-33)34-20-11-21-35-36(34)45-40(41-35)31-16-8-3-9-17-31/h1-26H. The second-order valence-corrected chi connectivity index (χ2v) is 10.7. The zero-order valence-corrected chi connectivity index (χ0v) is 24.2. The third-order valence-corrected chi connectivity index (χ3v) is 7.79. The monoisotopic (exact) mass is 578 g/mol.